The molecule has 5 heteroatoms. The number of aldehydes is 1. The van der Waals surface area contributed by atoms with Crippen LogP contribution in [0.25, 0.3) is 0 Å². The third-order valence-electron chi connectivity index (χ3n) is 3.04. The number of carbonyl (C=O) groups is 1. The van der Waals surface area contributed by atoms with E-state index in [9.17, 15) is 4.79 Å². The minimum atomic E-state index is -0.677. The summed E-state index contributed by atoms with van der Waals surface area (Å²) in [6.45, 7) is 0.153. The van der Waals surface area contributed by atoms with Gasteiger partial charge in [-0.15, -0.1) is 0 Å². The predicted molar refractivity (Wildman–Crippen MR) is 80.4 cm³/mol. The summed E-state index contributed by atoms with van der Waals surface area (Å²) in [5.74, 6) is 1.06. The van der Waals surface area contributed by atoms with Crippen LogP contribution < -0.4 is 4.74 Å². The molecule has 0 spiro atoms. The molecule has 0 fully saturated rings. The first-order valence-electron chi connectivity index (χ1n) is 6.43. The largest absolute Gasteiger partial charge is 0.484 e. The van der Waals surface area contributed by atoms with Gasteiger partial charge in [-0.3, -0.25) is 4.79 Å². The lowest BCUT2D eigenvalue weighted by atomic mass is 10.1. The third-order valence-corrected chi connectivity index (χ3v) is 3.27. The summed E-state index contributed by atoms with van der Waals surface area (Å²) in [6.07, 6.45) is 0.0633. The van der Waals surface area contributed by atoms with Crippen LogP contribution in [-0.4, -0.2) is 18.8 Å². The van der Waals surface area contributed by atoms with Crippen LogP contribution in [0, 0.1) is 0 Å². The van der Waals surface area contributed by atoms with Crippen molar-refractivity contribution >= 4 is 29.5 Å². The van der Waals surface area contributed by atoms with Crippen LogP contribution >= 0.6 is 11.6 Å². The zero-order valence-electron chi connectivity index (χ0n) is 11.0. The van der Waals surface area contributed by atoms with Gasteiger partial charge in [0.25, 0.3) is 0 Å². The quantitative estimate of drug-likeness (QED) is 0.809. The maximum absolute atomic E-state index is 11.2. The van der Waals surface area contributed by atoms with E-state index >= 15 is 0 Å². The standard InChI is InChI=1S/C16H12ClNO3/c17-11-6-7-13-14(8-11)18-16(21-15(13)9-19)10-20-12-4-2-1-3-5-12/h1-9,15H,10H2. The van der Waals surface area contributed by atoms with Crippen LogP contribution in [0.4, 0.5) is 5.69 Å². The Balaban J connectivity index is 1.81. The molecule has 21 heavy (non-hydrogen) atoms. The maximum Gasteiger partial charge on any atom is 0.228 e. The molecule has 0 bridgehead atoms. The van der Waals surface area contributed by atoms with E-state index in [4.69, 9.17) is 21.1 Å². The van der Waals surface area contributed by atoms with Crippen molar-refractivity contribution in [2.75, 3.05) is 6.61 Å². The van der Waals surface area contributed by atoms with Gasteiger partial charge < -0.3 is 9.47 Å². The van der Waals surface area contributed by atoms with Crippen LogP contribution in [0.15, 0.2) is 53.5 Å². The second-order valence-corrected chi connectivity index (χ2v) is 4.92. The van der Waals surface area contributed by atoms with Gasteiger partial charge in [0.05, 0.1) is 5.69 Å². The number of aliphatic imine (C=N–C) groups is 1. The lowest BCUT2D eigenvalue weighted by molar-refractivity contribution is -0.114. The Bertz CT molecular complexity index is 685. The summed E-state index contributed by atoms with van der Waals surface area (Å²) in [7, 11) is 0. The van der Waals surface area contributed by atoms with Gasteiger partial charge in [0.1, 0.15) is 5.75 Å². The SMILES string of the molecule is O=CC1OC(COc2ccccc2)=Nc2cc(Cl)ccc21. The Hall–Kier alpha value is -2.33. The average molecular weight is 302 g/mol. The van der Waals surface area contributed by atoms with Crippen molar-refractivity contribution < 1.29 is 14.3 Å². The van der Waals surface area contributed by atoms with E-state index in [1.807, 2.05) is 30.3 Å². The first-order valence-corrected chi connectivity index (χ1v) is 6.81. The highest BCUT2D eigenvalue weighted by atomic mass is 35.5. The summed E-state index contributed by atoms with van der Waals surface area (Å²) in [5, 5.41) is 0.562. The van der Waals surface area contributed by atoms with Crippen molar-refractivity contribution in [1.82, 2.24) is 0 Å². The summed E-state index contributed by atoms with van der Waals surface area (Å²) in [5.41, 5.74) is 1.34. The molecule has 4 nitrogen and oxygen atoms in total. The van der Waals surface area contributed by atoms with E-state index in [1.165, 1.54) is 0 Å². The van der Waals surface area contributed by atoms with E-state index in [0.717, 1.165) is 6.29 Å². The van der Waals surface area contributed by atoms with E-state index in [0.29, 0.717) is 27.9 Å². The first-order chi connectivity index (χ1) is 10.3. The fourth-order valence-electron chi connectivity index (χ4n) is 2.05. The van der Waals surface area contributed by atoms with Gasteiger partial charge in [-0.1, -0.05) is 35.9 Å². The predicted octanol–water partition coefficient (Wildman–Crippen LogP) is 3.72. The molecule has 0 saturated heterocycles. The third kappa shape index (κ3) is 3.06. The monoisotopic (exact) mass is 301 g/mol. The van der Waals surface area contributed by atoms with Crippen molar-refractivity contribution in [2.24, 2.45) is 4.99 Å². The van der Waals surface area contributed by atoms with Gasteiger partial charge in [-0.25, -0.2) is 4.99 Å². The van der Waals surface area contributed by atoms with Crippen molar-refractivity contribution in [3.05, 3.63) is 59.1 Å². The first kappa shape index (κ1) is 13.6. The van der Waals surface area contributed by atoms with Crippen LogP contribution in [0.3, 0.4) is 0 Å². The molecular weight excluding hydrogens is 290 g/mol. The smallest absolute Gasteiger partial charge is 0.228 e. The summed E-state index contributed by atoms with van der Waals surface area (Å²) >= 11 is 5.96. The summed E-state index contributed by atoms with van der Waals surface area (Å²) in [4.78, 5) is 15.5. The molecule has 2 aromatic carbocycles. The summed E-state index contributed by atoms with van der Waals surface area (Å²) in [6, 6.07) is 14.5. The fraction of sp³-hybridized carbons (Fsp3) is 0.125. The molecule has 1 aliphatic rings. The molecule has 2 aromatic rings. The molecule has 0 radical (unpaired) electrons. The van der Waals surface area contributed by atoms with Crippen molar-refractivity contribution in [2.45, 2.75) is 6.10 Å². The Labute approximate surface area is 127 Å². The Morgan fingerprint density at radius 3 is 2.81 bits per heavy atom. The molecule has 1 unspecified atom stereocenters. The van der Waals surface area contributed by atoms with Crippen LogP contribution in [0.5, 0.6) is 5.75 Å². The number of ether oxygens (including phenoxy) is 2. The topological polar surface area (TPSA) is 47.9 Å². The average Bonchev–Trinajstić information content (AvgIpc) is 2.52. The van der Waals surface area contributed by atoms with E-state index in [-0.39, 0.29) is 6.61 Å². The van der Waals surface area contributed by atoms with Crippen LogP contribution in [0.2, 0.25) is 5.02 Å². The molecule has 1 heterocycles. The Kier molecular flexibility index (Phi) is 3.88. The number of hydrogen-bond acceptors (Lipinski definition) is 4. The maximum atomic E-state index is 11.2. The molecule has 0 N–H and O–H groups in total. The number of fused-ring (bicyclic) bond motifs is 1. The molecule has 3 rings (SSSR count). The minimum Gasteiger partial charge on any atom is -0.484 e. The lowest BCUT2D eigenvalue weighted by Gasteiger charge is -2.22. The Morgan fingerprint density at radius 1 is 1.24 bits per heavy atom. The highest BCUT2D eigenvalue weighted by Gasteiger charge is 2.23. The van der Waals surface area contributed by atoms with Crippen molar-refractivity contribution in [3.63, 3.8) is 0 Å². The zero-order valence-corrected chi connectivity index (χ0v) is 11.8. The molecular formula is C16H12ClNO3. The van der Waals surface area contributed by atoms with Crippen LogP contribution in [0.1, 0.15) is 11.7 Å². The normalized spacial score (nSPS) is 16.4. The molecule has 0 saturated carbocycles. The minimum absolute atomic E-state index is 0.153. The highest BCUT2D eigenvalue weighted by Crippen LogP contribution is 2.33. The molecule has 1 atom stereocenters. The fourth-order valence-corrected chi connectivity index (χ4v) is 2.22. The number of halogens is 1. The van der Waals surface area contributed by atoms with E-state index in [1.54, 1.807) is 18.2 Å². The number of carbonyl (C=O) groups excluding carboxylic acids is 1. The van der Waals surface area contributed by atoms with Crippen LogP contribution in [-0.2, 0) is 9.53 Å². The van der Waals surface area contributed by atoms with Gasteiger partial charge in [0.15, 0.2) is 19.0 Å². The van der Waals surface area contributed by atoms with Gasteiger partial charge in [-0.05, 0) is 24.3 Å². The number of nitrogens with zero attached hydrogens (tertiary/aromatic N) is 1. The molecule has 0 amide bonds. The second-order valence-electron chi connectivity index (χ2n) is 4.48. The number of rotatable bonds is 4. The van der Waals surface area contributed by atoms with Gasteiger partial charge in [0.2, 0.25) is 5.90 Å². The molecule has 0 aliphatic carbocycles. The summed E-state index contributed by atoms with van der Waals surface area (Å²) < 4.78 is 11.1. The van der Waals surface area contributed by atoms with Gasteiger partial charge in [0, 0.05) is 10.6 Å². The van der Waals surface area contributed by atoms with Gasteiger partial charge in [-0.2, -0.15) is 0 Å². The highest BCUT2D eigenvalue weighted by molar-refractivity contribution is 6.30. The second kappa shape index (κ2) is 5.97. The van der Waals surface area contributed by atoms with Gasteiger partial charge >= 0.3 is 0 Å². The zero-order chi connectivity index (χ0) is 14.7. The lowest BCUT2D eigenvalue weighted by Crippen LogP contribution is -2.22. The number of hydrogen-bond donors (Lipinski definition) is 0. The molecule has 0 aromatic heterocycles. The molecule has 106 valence electrons. The number of para-hydroxylation sites is 1. The van der Waals surface area contributed by atoms with Crippen molar-refractivity contribution in [1.29, 1.82) is 0 Å². The van der Waals surface area contributed by atoms with Crippen molar-refractivity contribution in [3.8, 4) is 5.75 Å². The van der Waals surface area contributed by atoms with E-state index in [2.05, 4.69) is 4.99 Å². The Morgan fingerprint density at radius 2 is 2.05 bits per heavy atom. The number of benzene rings is 2. The van der Waals surface area contributed by atoms with E-state index < -0.39 is 6.10 Å². The molecule has 1 aliphatic heterocycles.